The highest BCUT2D eigenvalue weighted by molar-refractivity contribution is 6.03. The maximum Gasteiger partial charge on any atom is 0.274 e. The summed E-state index contributed by atoms with van der Waals surface area (Å²) in [5.41, 5.74) is 2.14. The summed E-state index contributed by atoms with van der Waals surface area (Å²) in [6.07, 6.45) is 1.56. The lowest BCUT2D eigenvalue weighted by Crippen LogP contribution is -2.13. The average Bonchev–Trinajstić information content (AvgIpc) is 2.55. The van der Waals surface area contributed by atoms with Gasteiger partial charge in [0.05, 0.1) is 12.1 Å². The standard InChI is InChI=1S/C17H15N3O3/c1-23-10-11-8-16(21)20-15-9-12(5-6-13(11)15)19-17(22)14-4-2-3-7-18-14/h2-9H,10H2,1H3,(H,19,22)(H,20,21). The van der Waals surface area contributed by atoms with Crippen LogP contribution in [0.15, 0.2) is 53.5 Å². The molecule has 0 aliphatic rings. The van der Waals surface area contributed by atoms with Crippen LogP contribution in [-0.2, 0) is 11.3 Å². The van der Waals surface area contributed by atoms with E-state index >= 15 is 0 Å². The quantitative estimate of drug-likeness (QED) is 0.774. The van der Waals surface area contributed by atoms with Crippen molar-refractivity contribution in [3.05, 3.63) is 70.3 Å². The molecule has 0 bridgehead atoms. The summed E-state index contributed by atoms with van der Waals surface area (Å²) >= 11 is 0. The number of aromatic nitrogens is 2. The third-order valence-electron chi connectivity index (χ3n) is 3.38. The maximum atomic E-state index is 12.1. The summed E-state index contributed by atoms with van der Waals surface area (Å²) in [7, 11) is 1.58. The molecule has 0 spiro atoms. The molecule has 1 aromatic carbocycles. The van der Waals surface area contributed by atoms with E-state index in [4.69, 9.17) is 4.74 Å². The zero-order valence-corrected chi connectivity index (χ0v) is 12.5. The molecule has 6 heteroatoms. The number of nitrogens with zero attached hydrogens (tertiary/aromatic N) is 1. The molecule has 0 unspecified atom stereocenters. The molecule has 0 aliphatic carbocycles. The normalized spacial score (nSPS) is 10.7. The molecule has 0 aliphatic heterocycles. The first-order valence-electron chi connectivity index (χ1n) is 7.04. The third-order valence-corrected chi connectivity index (χ3v) is 3.38. The highest BCUT2D eigenvalue weighted by atomic mass is 16.5. The van der Waals surface area contributed by atoms with E-state index < -0.39 is 0 Å². The molecule has 0 saturated heterocycles. The Bertz CT molecular complexity index is 904. The molecule has 0 fully saturated rings. The molecule has 23 heavy (non-hydrogen) atoms. The molecule has 1 amide bonds. The second kappa shape index (κ2) is 6.41. The summed E-state index contributed by atoms with van der Waals surface area (Å²) in [6, 6.07) is 12.0. The van der Waals surface area contributed by atoms with Crippen molar-refractivity contribution in [3.8, 4) is 0 Å². The molecule has 2 N–H and O–H groups in total. The van der Waals surface area contributed by atoms with Gasteiger partial charge >= 0.3 is 0 Å². The number of H-pyrrole nitrogens is 1. The van der Waals surface area contributed by atoms with E-state index in [0.717, 1.165) is 10.9 Å². The molecular weight excluding hydrogens is 294 g/mol. The van der Waals surface area contributed by atoms with Crippen molar-refractivity contribution in [1.82, 2.24) is 9.97 Å². The van der Waals surface area contributed by atoms with Gasteiger partial charge in [0.1, 0.15) is 5.69 Å². The Hall–Kier alpha value is -2.99. The molecular formula is C17H15N3O3. The van der Waals surface area contributed by atoms with Gasteiger partial charge in [0.25, 0.3) is 5.91 Å². The molecule has 3 rings (SSSR count). The molecule has 0 saturated carbocycles. The van der Waals surface area contributed by atoms with Gasteiger partial charge in [-0.15, -0.1) is 0 Å². The summed E-state index contributed by atoms with van der Waals surface area (Å²) in [6.45, 7) is 0.347. The van der Waals surface area contributed by atoms with Gasteiger partial charge in [-0.3, -0.25) is 14.6 Å². The summed E-state index contributed by atoms with van der Waals surface area (Å²) in [5.74, 6) is -0.305. The van der Waals surface area contributed by atoms with Gasteiger partial charge < -0.3 is 15.0 Å². The van der Waals surface area contributed by atoms with Gasteiger partial charge in [-0.25, -0.2) is 0 Å². The Morgan fingerprint density at radius 2 is 2.13 bits per heavy atom. The summed E-state index contributed by atoms with van der Waals surface area (Å²) in [4.78, 5) is 30.6. The van der Waals surface area contributed by atoms with E-state index in [1.54, 1.807) is 43.6 Å². The van der Waals surface area contributed by atoms with Crippen molar-refractivity contribution in [1.29, 1.82) is 0 Å². The van der Waals surface area contributed by atoms with Crippen LogP contribution in [0.4, 0.5) is 5.69 Å². The average molecular weight is 309 g/mol. The van der Waals surface area contributed by atoms with Crippen LogP contribution in [0.5, 0.6) is 0 Å². The van der Waals surface area contributed by atoms with E-state index in [9.17, 15) is 9.59 Å². The minimum absolute atomic E-state index is 0.210. The van der Waals surface area contributed by atoms with E-state index in [1.165, 1.54) is 6.07 Å². The van der Waals surface area contributed by atoms with Crippen LogP contribution in [-0.4, -0.2) is 23.0 Å². The summed E-state index contributed by atoms with van der Waals surface area (Å²) < 4.78 is 5.11. The Labute approximate surface area is 132 Å². The first kappa shape index (κ1) is 14.9. The van der Waals surface area contributed by atoms with Crippen LogP contribution in [0.2, 0.25) is 0 Å². The number of carbonyl (C=O) groups excluding carboxylic acids is 1. The lowest BCUT2D eigenvalue weighted by Gasteiger charge is -2.09. The molecule has 2 heterocycles. The van der Waals surface area contributed by atoms with Crippen LogP contribution in [0.1, 0.15) is 16.1 Å². The van der Waals surface area contributed by atoms with Crippen molar-refractivity contribution in [2.45, 2.75) is 6.61 Å². The second-order valence-electron chi connectivity index (χ2n) is 5.02. The summed E-state index contributed by atoms with van der Waals surface area (Å²) in [5, 5.41) is 3.64. The minimum Gasteiger partial charge on any atom is -0.380 e. The Balaban J connectivity index is 1.94. The largest absolute Gasteiger partial charge is 0.380 e. The number of ether oxygens (including phenoxy) is 1. The molecule has 0 radical (unpaired) electrons. The number of hydrogen-bond donors (Lipinski definition) is 2. The number of amides is 1. The van der Waals surface area contributed by atoms with Crippen molar-refractivity contribution in [2.24, 2.45) is 0 Å². The van der Waals surface area contributed by atoms with Crippen LogP contribution in [0, 0.1) is 0 Å². The lowest BCUT2D eigenvalue weighted by atomic mass is 10.1. The predicted molar refractivity (Wildman–Crippen MR) is 87.5 cm³/mol. The molecule has 6 nitrogen and oxygen atoms in total. The number of nitrogens with one attached hydrogen (secondary N) is 2. The Morgan fingerprint density at radius 3 is 2.87 bits per heavy atom. The SMILES string of the molecule is COCc1cc(=O)[nH]c2cc(NC(=O)c3ccccn3)ccc12. The van der Waals surface area contributed by atoms with Gasteiger partial charge in [0.15, 0.2) is 0 Å². The van der Waals surface area contributed by atoms with Gasteiger partial charge in [0, 0.05) is 30.4 Å². The first-order chi connectivity index (χ1) is 11.2. The smallest absolute Gasteiger partial charge is 0.274 e. The van der Waals surface area contributed by atoms with Gasteiger partial charge in [-0.2, -0.15) is 0 Å². The maximum absolute atomic E-state index is 12.1. The van der Waals surface area contributed by atoms with Gasteiger partial charge in [0.2, 0.25) is 5.56 Å². The first-order valence-corrected chi connectivity index (χ1v) is 7.04. The second-order valence-corrected chi connectivity index (χ2v) is 5.02. The van der Waals surface area contributed by atoms with E-state index in [-0.39, 0.29) is 11.5 Å². The van der Waals surface area contributed by atoms with E-state index in [2.05, 4.69) is 15.3 Å². The molecule has 0 atom stereocenters. The van der Waals surface area contributed by atoms with Gasteiger partial charge in [-0.1, -0.05) is 12.1 Å². The van der Waals surface area contributed by atoms with Crippen molar-refractivity contribution in [2.75, 3.05) is 12.4 Å². The minimum atomic E-state index is -0.305. The fourth-order valence-electron chi connectivity index (χ4n) is 2.38. The number of fused-ring (bicyclic) bond motifs is 1. The Morgan fingerprint density at radius 1 is 1.26 bits per heavy atom. The number of methoxy groups -OCH3 is 1. The van der Waals surface area contributed by atoms with Crippen molar-refractivity contribution < 1.29 is 9.53 Å². The predicted octanol–water partition coefficient (Wildman–Crippen LogP) is 2.32. The Kier molecular flexibility index (Phi) is 4.16. The van der Waals surface area contributed by atoms with Crippen LogP contribution in [0.3, 0.4) is 0 Å². The number of benzene rings is 1. The molecule has 2 aromatic heterocycles. The number of hydrogen-bond acceptors (Lipinski definition) is 4. The number of aromatic amines is 1. The molecule has 3 aromatic rings. The fraction of sp³-hybridized carbons (Fsp3) is 0.118. The highest BCUT2D eigenvalue weighted by Gasteiger charge is 2.09. The third kappa shape index (κ3) is 3.27. The topological polar surface area (TPSA) is 84.1 Å². The monoisotopic (exact) mass is 309 g/mol. The van der Waals surface area contributed by atoms with E-state index in [0.29, 0.717) is 23.5 Å². The number of anilines is 1. The van der Waals surface area contributed by atoms with Crippen molar-refractivity contribution >= 4 is 22.5 Å². The number of carbonyl (C=O) groups is 1. The molecule has 116 valence electrons. The van der Waals surface area contributed by atoms with Crippen LogP contribution in [0.25, 0.3) is 10.9 Å². The number of rotatable bonds is 4. The van der Waals surface area contributed by atoms with E-state index in [1.807, 2.05) is 6.07 Å². The van der Waals surface area contributed by atoms with Crippen molar-refractivity contribution in [3.63, 3.8) is 0 Å². The number of pyridine rings is 2. The van der Waals surface area contributed by atoms with Crippen LogP contribution < -0.4 is 10.9 Å². The lowest BCUT2D eigenvalue weighted by molar-refractivity contribution is 0.102. The zero-order chi connectivity index (χ0) is 16.2. The van der Waals surface area contributed by atoms with Gasteiger partial charge in [-0.05, 0) is 29.8 Å². The van der Waals surface area contributed by atoms with Crippen LogP contribution >= 0.6 is 0 Å². The highest BCUT2D eigenvalue weighted by Crippen LogP contribution is 2.20. The zero-order valence-electron chi connectivity index (χ0n) is 12.5. The fourth-order valence-corrected chi connectivity index (χ4v) is 2.38.